The highest BCUT2D eigenvalue weighted by atomic mass is 16.2. The average Bonchev–Trinajstić information content (AvgIpc) is 2.82. The van der Waals surface area contributed by atoms with Gasteiger partial charge in [-0.25, -0.2) is 0 Å². The molecule has 1 aromatic rings. The number of likely N-dealkylation sites (tertiary alicyclic amines) is 1. The molecule has 2 nitrogen and oxygen atoms in total. The number of rotatable bonds is 3. The Bertz CT molecular complexity index is 551. The number of hydrogen-bond donors (Lipinski definition) is 0. The molecule has 0 radical (unpaired) electrons. The third-order valence-electron chi connectivity index (χ3n) is 5.74. The first-order valence-corrected chi connectivity index (χ1v) is 8.93. The second-order valence-corrected chi connectivity index (χ2v) is 7.43. The Kier molecular flexibility index (Phi) is 4.56. The van der Waals surface area contributed by atoms with Crippen molar-refractivity contribution in [1.29, 1.82) is 0 Å². The molecule has 1 aliphatic carbocycles. The molecule has 2 fully saturated rings. The van der Waals surface area contributed by atoms with Gasteiger partial charge in [-0.1, -0.05) is 36.6 Å². The molecule has 0 bridgehead atoms. The molecule has 0 N–H and O–H groups in total. The van der Waals surface area contributed by atoms with Gasteiger partial charge in [-0.15, -0.1) is 0 Å². The number of fused-ring (bicyclic) bond motifs is 1. The molecule has 3 rings (SSSR count). The zero-order valence-electron chi connectivity index (χ0n) is 14.3. The average molecular weight is 299 g/mol. The third kappa shape index (κ3) is 3.06. The highest BCUT2D eigenvalue weighted by molar-refractivity contribution is 5.77. The maximum Gasteiger partial charge on any atom is 0.223 e. The number of carbonyl (C=O) groups excluding carboxylic acids is 1. The molecule has 22 heavy (non-hydrogen) atoms. The molecule has 1 saturated heterocycles. The fourth-order valence-electron chi connectivity index (χ4n) is 4.64. The SMILES string of the molecule is Cc1ccc(CCC(=O)N2C(C)CC3CCCCC32)c(C)c1. The van der Waals surface area contributed by atoms with Crippen molar-refractivity contribution in [2.45, 2.75) is 77.8 Å². The fraction of sp³-hybridized carbons (Fsp3) is 0.650. The standard InChI is InChI=1S/C20H29NO/c1-14-8-9-17(15(2)12-14)10-11-20(22)21-16(3)13-18-6-4-5-7-19(18)21/h8-9,12,16,18-19H,4-7,10-11,13H2,1-3H3. The van der Waals surface area contributed by atoms with Crippen molar-refractivity contribution in [3.63, 3.8) is 0 Å². The van der Waals surface area contributed by atoms with E-state index in [-0.39, 0.29) is 0 Å². The first kappa shape index (κ1) is 15.6. The highest BCUT2D eigenvalue weighted by Gasteiger charge is 2.41. The van der Waals surface area contributed by atoms with Gasteiger partial charge in [0.25, 0.3) is 0 Å². The molecule has 0 aromatic heterocycles. The molecule has 1 amide bonds. The Hall–Kier alpha value is -1.31. The van der Waals surface area contributed by atoms with E-state index in [9.17, 15) is 4.79 Å². The van der Waals surface area contributed by atoms with E-state index in [1.807, 2.05) is 0 Å². The van der Waals surface area contributed by atoms with Crippen molar-refractivity contribution in [3.05, 3.63) is 34.9 Å². The van der Waals surface area contributed by atoms with Gasteiger partial charge in [0.15, 0.2) is 0 Å². The van der Waals surface area contributed by atoms with Crippen molar-refractivity contribution in [2.75, 3.05) is 0 Å². The number of amides is 1. The molecule has 1 saturated carbocycles. The topological polar surface area (TPSA) is 20.3 Å². The normalized spacial score (nSPS) is 27.8. The Morgan fingerprint density at radius 3 is 2.77 bits per heavy atom. The highest BCUT2D eigenvalue weighted by Crippen LogP contribution is 2.39. The molecule has 2 aliphatic rings. The van der Waals surface area contributed by atoms with Crippen LogP contribution in [0.3, 0.4) is 0 Å². The largest absolute Gasteiger partial charge is 0.337 e. The van der Waals surface area contributed by atoms with E-state index in [1.165, 1.54) is 48.8 Å². The summed E-state index contributed by atoms with van der Waals surface area (Å²) < 4.78 is 0. The van der Waals surface area contributed by atoms with Gasteiger partial charge in [-0.05, 0) is 63.5 Å². The van der Waals surface area contributed by atoms with Gasteiger partial charge < -0.3 is 4.90 Å². The molecular formula is C20H29NO. The zero-order chi connectivity index (χ0) is 15.7. The fourth-order valence-corrected chi connectivity index (χ4v) is 4.64. The van der Waals surface area contributed by atoms with Crippen LogP contribution >= 0.6 is 0 Å². The molecule has 2 heteroatoms. The van der Waals surface area contributed by atoms with Crippen LogP contribution in [-0.4, -0.2) is 22.9 Å². The first-order chi connectivity index (χ1) is 10.6. The number of aryl methyl sites for hydroxylation is 3. The van der Waals surface area contributed by atoms with Crippen molar-refractivity contribution >= 4 is 5.91 Å². The number of carbonyl (C=O) groups is 1. The van der Waals surface area contributed by atoms with Crippen LogP contribution in [-0.2, 0) is 11.2 Å². The molecule has 120 valence electrons. The van der Waals surface area contributed by atoms with Crippen molar-refractivity contribution in [3.8, 4) is 0 Å². The van der Waals surface area contributed by atoms with Gasteiger partial charge in [0, 0.05) is 18.5 Å². The van der Waals surface area contributed by atoms with E-state index in [0.717, 1.165) is 12.3 Å². The summed E-state index contributed by atoms with van der Waals surface area (Å²) in [6, 6.07) is 7.54. The van der Waals surface area contributed by atoms with Crippen LogP contribution in [0.5, 0.6) is 0 Å². The summed E-state index contributed by atoms with van der Waals surface area (Å²) in [5.74, 6) is 1.15. The Morgan fingerprint density at radius 2 is 2.00 bits per heavy atom. The Labute approximate surface area is 134 Å². The van der Waals surface area contributed by atoms with Gasteiger partial charge in [-0.2, -0.15) is 0 Å². The summed E-state index contributed by atoms with van der Waals surface area (Å²) in [5, 5.41) is 0. The summed E-state index contributed by atoms with van der Waals surface area (Å²) in [6.45, 7) is 6.52. The summed E-state index contributed by atoms with van der Waals surface area (Å²) in [7, 11) is 0. The van der Waals surface area contributed by atoms with Crippen LogP contribution in [0, 0.1) is 19.8 Å². The van der Waals surface area contributed by atoms with E-state index in [2.05, 4.69) is 43.9 Å². The van der Waals surface area contributed by atoms with Gasteiger partial charge in [0.1, 0.15) is 0 Å². The van der Waals surface area contributed by atoms with Crippen LogP contribution in [0.25, 0.3) is 0 Å². The van der Waals surface area contributed by atoms with Crippen LogP contribution in [0.4, 0.5) is 0 Å². The van der Waals surface area contributed by atoms with Crippen molar-refractivity contribution in [2.24, 2.45) is 5.92 Å². The van der Waals surface area contributed by atoms with E-state index in [4.69, 9.17) is 0 Å². The molecule has 1 heterocycles. The van der Waals surface area contributed by atoms with Crippen LogP contribution < -0.4 is 0 Å². The minimum Gasteiger partial charge on any atom is -0.337 e. The maximum atomic E-state index is 12.8. The lowest BCUT2D eigenvalue weighted by atomic mass is 9.85. The van der Waals surface area contributed by atoms with Gasteiger partial charge in [0.2, 0.25) is 5.91 Å². The third-order valence-corrected chi connectivity index (χ3v) is 5.74. The molecule has 1 aromatic carbocycles. The van der Waals surface area contributed by atoms with Gasteiger partial charge >= 0.3 is 0 Å². The Balaban J connectivity index is 1.64. The summed E-state index contributed by atoms with van der Waals surface area (Å²) >= 11 is 0. The first-order valence-electron chi connectivity index (χ1n) is 8.93. The quantitative estimate of drug-likeness (QED) is 0.809. The maximum absolute atomic E-state index is 12.8. The summed E-state index contributed by atoms with van der Waals surface area (Å²) in [5.41, 5.74) is 3.94. The smallest absolute Gasteiger partial charge is 0.223 e. The van der Waals surface area contributed by atoms with E-state index < -0.39 is 0 Å². The predicted molar refractivity (Wildman–Crippen MR) is 90.9 cm³/mol. The van der Waals surface area contributed by atoms with Crippen molar-refractivity contribution in [1.82, 2.24) is 4.90 Å². The monoisotopic (exact) mass is 299 g/mol. The summed E-state index contributed by atoms with van der Waals surface area (Å²) in [4.78, 5) is 15.0. The molecule has 0 spiro atoms. The van der Waals surface area contributed by atoms with Gasteiger partial charge in [0.05, 0.1) is 0 Å². The second kappa shape index (κ2) is 6.44. The number of benzene rings is 1. The van der Waals surface area contributed by atoms with Crippen LogP contribution in [0.2, 0.25) is 0 Å². The minimum atomic E-state index is 0.377. The lowest BCUT2D eigenvalue weighted by Gasteiger charge is -2.33. The van der Waals surface area contributed by atoms with Gasteiger partial charge in [-0.3, -0.25) is 4.79 Å². The molecule has 3 unspecified atom stereocenters. The lowest BCUT2D eigenvalue weighted by molar-refractivity contribution is -0.134. The molecule has 3 atom stereocenters. The minimum absolute atomic E-state index is 0.377. The van der Waals surface area contributed by atoms with Crippen molar-refractivity contribution < 1.29 is 4.79 Å². The van der Waals surface area contributed by atoms with E-state index in [1.54, 1.807) is 0 Å². The zero-order valence-corrected chi connectivity index (χ0v) is 14.3. The van der Waals surface area contributed by atoms with Crippen LogP contribution in [0.1, 0.15) is 62.1 Å². The summed E-state index contributed by atoms with van der Waals surface area (Å²) in [6.07, 6.45) is 7.98. The molecular weight excluding hydrogens is 270 g/mol. The number of hydrogen-bond acceptors (Lipinski definition) is 1. The van der Waals surface area contributed by atoms with E-state index >= 15 is 0 Å². The Morgan fingerprint density at radius 1 is 1.23 bits per heavy atom. The van der Waals surface area contributed by atoms with Crippen LogP contribution in [0.15, 0.2) is 18.2 Å². The molecule has 1 aliphatic heterocycles. The number of nitrogens with zero attached hydrogens (tertiary/aromatic N) is 1. The lowest BCUT2D eigenvalue weighted by Crippen LogP contribution is -2.42. The predicted octanol–water partition coefficient (Wildman–Crippen LogP) is 4.42. The van der Waals surface area contributed by atoms with E-state index in [0.29, 0.717) is 24.4 Å². The second-order valence-electron chi connectivity index (χ2n) is 7.43.